The molecule has 1 saturated carbocycles. The van der Waals surface area contributed by atoms with Crippen molar-refractivity contribution >= 4 is 17.5 Å². The lowest BCUT2D eigenvalue weighted by molar-refractivity contribution is -0.150. The van der Waals surface area contributed by atoms with Gasteiger partial charge in [-0.1, -0.05) is 20.4 Å². The second-order valence-electron chi connectivity index (χ2n) is 6.90. The lowest BCUT2D eigenvalue weighted by atomic mass is 9.51. The zero-order chi connectivity index (χ0) is 16.8. The van der Waals surface area contributed by atoms with Crippen LogP contribution < -0.4 is 0 Å². The zero-order valence-corrected chi connectivity index (χ0v) is 13.4. The van der Waals surface area contributed by atoms with E-state index in [-0.39, 0.29) is 22.8 Å². The number of fused-ring (bicyclic) bond motifs is 1. The van der Waals surface area contributed by atoms with Crippen molar-refractivity contribution in [3.05, 3.63) is 23.8 Å². The smallest absolute Gasteiger partial charge is 0.303 e. The van der Waals surface area contributed by atoms with Gasteiger partial charge in [0.1, 0.15) is 6.10 Å². The number of Topliss-reactive ketones (excluding diaryl/α,β-unsaturated/α-hetero) is 2. The molecule has 0 amide bonds. The third kappa shape index (κ3) is 2.65. The van der Waals surface area contributed by atoms with Crippen LogP contribution in [0.25, 0.3) is 0 Å². The first-order valence-corrected chi connectivity index (χ1v) is 7.37. The van der Waals surface area contributed by atoms with E-state index in [0.717, 1.165) is 0 Å². The van der Waals surface area contributed by atoms with Crippen molar-refractivity contribution in [2.45, 2.75) is 46.3 Å². The van der Waals surface area contributed by atoms with Gasteiger partial charge in [0.2, 0.25) is 5.78 Å². The highest BCUT2D eigenvalue weighted by Gasteiger charge is 2.55. The summed E-state index contributed by atoms with van der Waals surface area (Å²) in [7, 11) is 0. The molecule has 0 heterocycles. The number of ketones is 2. The summed E-state index contributed by atoms with van der Waals surface area (Å²) in [6.45, 7) is 10.5. The van der Waals surface area contributed by atoms with Gasteiger partial charge in [0.05, 0.1) is 0 Å². The summed E-state index contributed by atoms with van der Waals surface area (Å²) >= 11 is 0. The van der Waals surface area contributed by atoms with Crippen molar-refractivity contribution in [3.63, 3.8) is 0 Å². The number of rotatable bonds is 1. The number of aliphatic hydroxyl groups is 1. The Morgan fingerprint density at radius 1 is 1.36 bits per heavy atom. The fourth-order valence-corrected chi connectivity index (χ4v) is 3.61. The number of ether oxygens (including phenoxy) is 1. The topological polar surface area (TPSA) is 80.7 Å². The minimum Gasteiger partial charge on any atom is -0.450 e. The van der Waals surface area contributed by atoms with Gasteiger partial charge in [-0.15, -0.1) is 0 Å². The number of hydrogen-bond donors (Lipinski definition) is 1. The minimum absolute atomic E-state index is 0.225. The Balaban J connectivity index is 2.45. The molecular formula is C17H22O5. The monoisotopic (exact) mass is 306 g/mol. The summed E-state index contributed by atoms with van der Waals surface area (Å²) in [6, 6.07) is 0. The Morgan fingerprint density at radius 3 is 2.45 bits per heavy atom. The van der Waals surface area contributed by atoms with Gasteiger partial charge >= 0.3 is 5.97 Å². The van der Waals surface area contributed by atoms with Crippen LogP contribution in [0.3, 0.4) is 0 Å². The molecule has 0 saturated heterocycles. The number of carbonyl (C=O) groups is 3. The molecule has 5 nitrogen and oxygen atoms in total. The SMILES string of the molecule is C=C1C(=O)[C@H](OC(C)=O)/C=C(\C)C(=O)[C@@H](O)[C@H]2[C@@H]1CC2(C)C. The fourth-order valence-electron chi connectivity index (χ4n) is 3.61. The highest BCUT2D eigenvalue weighted by molar-refractivity contribution is 6.05. The van der Waals surface area contributed by atoms with Gasteiger partial charge in [0.15, 0.2) is 11.9 Å². The molecule has 0 aliphatic heterocycles. The normalized spacial score (nSPS) is 37.0. The molecule has 2 aliphatic carbocycles. The Labute approximate surface area is 130 Å². The van der Waals surface area contributed by atoms with Crippen molar-refractivity contribution in [3.8, 4) is 0 Å². The van der Waals surface area contributed by atoms with Gasteiger partial charge in [-0.2, -0.15) is 0 Å². The first-order valence-electron chi connectivity index (χ1n) is 7.37. The van der Waals surface area contributed by atoms with Crippen LogP contribution in [-0.4, -0.2) is 34.9 Å². The first-order chi connectivity index (χ1) is 10.1. The molecule has 5 heteroatoms. The van der Waals surface area contributed by atoms with Crippen LogP contribution in [0.2, 0.25) is 0 Å². The van der Waals surface area contributed by atoms with Gasteiger partial charge in [0, 0.05) is 12.8 Å². The maximum absolute atomic E-state index is 12.5. The molecule has 2 aliphatic rings. The molecule has 2 rings (SSSR count). The molecule has 120 valence electrons. The van der Waals surface area contributed by atoms with Crippen molar-refractivity contribution in [1.29, 1.82) is 0 Å². The quantitative estimate of drug-likeness (QED) is 0.588. The van der Waals surface area contributed by atoms with Crippen LogP contribution in [0, 0.1) is 17.3 Å². The Hall–Kier alpha value is -1.75. The standard InChI is InChI=1S/C17H22O5/c1-8-6-12(22-10(3)18)15(20)9(2)11-7-17(4,5)13(11)16(21)14(8)19/h6,11-13,16,21H,2,7H2,1,3-5H3/b8-6+/t11-,12-,13-,16+/m1/s1. The molecule has 0 bridgehead atoms. The molecule has 0 aromatic rings. The minimum atomic E-state index is -1.18. The van der Waals surface area contributed by atoms with Gasteiger partial charge in [-0.3, -0.25) is 14.4 Å². The van der Waals surface area contributed by atoms with E-state index in [2.05, 4.69) is 6.58 Å². The number of hydrogen-bond acceptors (Lipinski definition) is 5. The molecule has 0 radical (unpaired) electrons. The summed E-state index contributed by atoms with van der Waals surface area (Å²) in [5.41, 5.74) is 0.293. The molecule has 4 atom stereocenters. The fraction of sp³-hybridized carbons (Fsp3) is 0.588. The third-order valence-electron chi connectivity index (χ3n) is 4.80. The molecular weight excluding hydrogens is 284 g/mol. The van der Waals surface area contributed by atoms with Gasteiger partial charge in [-0.25, -0.2) is 0 Å². The maximum atomic E-state index is 12.5. The number of carbonyl (C=O) groups excluding carboxylic acids is 3. The van der Waals surface area contributed by atoms with E-state index in [1.165, 1.54) is 19.9 Å². The van der Waals surface area contributed by atoms with E-state index in [0.29, 0.717) is 12.0 Å². The second kappa shape index (κ2) is 5.47. The second-order valence-corrected chi connectivity index (χ2v) is 6.90. The third-order valence-corrected chi connectivity index (χ3v) is 4.80. The van der Waals surface area contributed by atoms with Gasteiger partial charge < -0.3 is 9.84 Å². The molecule has 0 unspecified atom stereocenters. The van der Waals surface area contributed by atoms with Crippen LogP contribution in [0.4, 0.5) is 0 Å². The van der Waals surface area contributed by atoms with E-state index in [1.807, 2.05) is 13.8 Å². The predicted molar refractivity (Wildman–Crippen MR) is 79.8 cm³/mol. The summed E-state index contributed by atoms with van der Waals surface area (Å²) in [5.74, 6) is -2.05. The van der Waals surface area contributed by atoms with E-state index >= 15 is 0 Å². The first kappa shape index (κ1) is 16.6. The summed E-state index contributed by atoms with van der Waals surface area (Å²) in [4.78, 5) is 36.1. The maximum Gasteiger partial charge on any atom is 0.303 e. The lowest BCUT2D eigenvalue weighted by Gasteiger charge is -2.53. The van der Waals surface area contributed by atoms with Crippen molar-refractivity contribution in [2.24, 2.45) is 17.3 Å². The average Bonchev–Trinajstić information content (AvgIpc) is 2.41. The van der Waals surface area contributed by atoms with Gasteiger partial charge in [0.25, 0.3) is 0 Å². The Bertz CT molecular complexity index is 584. The largest absolute Gasteiger partial charge is 0.450 e. The molecule has 0 spiro atoms. The van der Waals surface area contributed by atoms with E-state index in [9.17, 15) is 19.5 Å². The molecule has 22 heavy (non-hydrogen) atoms. The number of esters is 1. The van der Waals surface area contributed by atoms with Crippen molar-refractivity contribution < 1.29 is 24.2 Å². The average molecular weight is 306 g/mol. The Kier molecular flexibility index (Phi) is 4.13. The van der Waals surface area contributed by atoms with Gasteiger partial charge in [-0.05, 0) is 41.9 Å². The number of aliphatic hydroxyl groups excluding tert-OH is 1. The van der Waals surface area contributed by atoms with E-state index < -0.39 is 29.7 Å². The van der Waals surface area contributed by atoms with E-state index in [4.69, 9.17) is 4.74 Å². The molecule has 1 N–H and O–H groups in total. The summed E-state index contributed by atoms with van der Waals surface area (Å²) in [6.07, 6.45) is -0.356. The summed E-state index contributed by atoms with van der Waals surface area (Å²) in [5, 5.41) is 10.4. The van der Waals surface area contributed by atoms with Crippen molar-refractivity contribution in [2.75, 3.05) is 0 Å². The van der Waals surface area contributed by atoms with Crippen LogP contribution in [0.15, 0.2) is 23.8 Å². The molecule has 0 aromatic heterocycles. The predicted octanol–water partition coefficient (Wildman–Crippen LogP) is 1.60. The highest BCUT2D eigenvalue weighted by atomic mass is 16.5. The summed E-state index contributed by atoms with van der Waals surface area (Å²) < 4.78 is 5.02. The van der Waals surface area contributed by atoms with Crippen LogP contribution >= 0.6 is 0 Å². The zero-order valence-electron chi connectivity index (χ0n) is 13.4. The van der Waals surface area contributed by atoms with Crippen LogP contribution in [0.5, 0.6) is 0 Å². The van der Waals surface area contributed by atoms with Crippen LogP contribution in [-0.2, 0) is 19.1 Å². The molecule has 0 aromatic carbocycles. The van der Waals surface area contributed by atoms with E-state index in [1.54, 1.807) is 0 Å². The highest BCUT2D eigenvalue weighted by Crippen LogP contribution is 2.55. The van der Waals surface area contributed by atoms with Crippen LogP contribution in [0.1, 0.15) is 34.1 Å². The lowest BCUT2D eigenvalue weighted by Crippen LogP contribution is -2.54. The molecule has 1 fully saturated rings. The van der Waals surface area contributed by atoms with Crippen molar-refractivity contribution in [1.82, 2.24) is 0 Å². The Morgan fingerprint density at radius 2 is 1.95 bits per heavy atom.